The van der Waals surface area contributed by atoms with Crippen LogP contribution in [0, 0.1) is 5.92 Å². The van der Waals surface area contributed by atoms with Crippen molar-refractivity contribution in [1.82, 2.24) is 5.32 Å². The van der Waals surface area contributed by atoms with Gasteiger partial charge in [-0.05, 0) is 18.8 Å². The number of hydrogen-bond acceptors (Lipinski definition) is 3. The van der Waals surface area contributed by atoms with Gasteiger partial charge in [-0.25, -0.2) is 4.79 Å². The van der Waals surface area contributed by atoms with Crippen LogP contribution in [0.15, 0.2) is 0 Å². The molecule has 5 nitrogen and oxygen atoms in total. The molecule has 0 aromatic rings. The minimum atomic E-state index is -1.09. The Bertz CT molecular complexity index is 248. The molecular formula is C11H19NO4. The molecule has 0 heterocycles. The van der Waals surface area contributed by atoms with E-state index in [1.165, 1.54) is 0 Å². The van der Waals surface area contributed by atoms with Crippen molar-refractivity contribution in [3.8, 4) is 0 Å². The lowest BCUT2D eigenvalue weighted by Crippen LogP contribution is -2.41. The van der Waals surface area contributed by atoms with Crippen molar-refractivity contribution in [2.45, 2.75) is 44.6 Å². The molecule has 1 fully saturated rings. The zero-order chi connectivity index (χ0) is 12.0. The van der Waals surface area contributed by atoms with Crippen molar-refractivity contribution in [1.29, 1.82) is 0 Å². The zero-order valence-electron chi connectivity index (χ0n) is 9.32. The van der Waals surface area contributed by atoms with E-state index in [0.29, 0.717) is 12.3 Å². The Morgan fingerprint density at radius 1 is 1.31 bits per heavy atom. The summed E-state index contributed by atoms with van der Waals surface area (Å²) >= 11 is 0. The highest BCUT2D eigenvalue weighted by Crippen LogP contribution is 2.27. The van der Waals surface area contributed by atoms with Crippen molar-refractivity contribution >= 4 is 11.9 Å². The Kier molecular flexibility index (Phi) is 5.25. The fourth-order valence-electron chi connectivity index (χ4n) is 2.12. The maximum absolute atomic E-state index is 11.5. The molecule has 1 rings (SSSR count). The van der Waals surface area contributed by atoms with Crippen LogP contribution in [0.5, 0.6) is 0 Å². The molecule has 3 N–H and O–H groups in total. The summed E-state index contributed by atoms with van der Waals surface area (Å²) in [6, 6.07) is -0.959. The van der Waals surface area contributed by atoms with Gasteiger partial charge in [0.2, 0.25) is 5.91 Å². The Morgan fingerprint density at radius 3 is 2.44 bits per heavy atom. The number of aliphatic hydroxyl groups excluding tert-OH is 1. The third-order valence-electron chi connectivity index (χ3n) is 3.00. The number of aliphatic hydroxyl groups is 1. The maximum atomic E-state index is 11.5. The van der Waals surface area contributed by atoms with Crippen molar-refractivity contribution in [3.63, 3.8) is 0 Å². The number of nitrogens with one attached hydrogen (secondary N) is 1. The van der Waals surface area contributed by atoms with Gasteiger partial charge in [-0.15, -0.1) is 0 Å². The van der Waals surface area contributed by atoms with Crippen LogP contribution >= 0.6 is 0 Å². The molecule has 16 heavy (non-hydrogen) atoms. The van der Waals surface area contributed by atoms with Crippen LogP contribution in [-0.2, 0) is 9.59 Å². The monoisotopic (exact) mass is 229 g/mol. The summed E-state index contributed by atoms with van der Waals surface area (Å²) < 4.78 is 0. The Hall–Kier alpha value is -1.10. The van der Waals surface area contributed by atoms with E-state index >= 15 is 0 Å². The summed E-state index contributed by atoms with van der Waals surface area (Å²) in [4.78, 5) is 22.3. The number of amides is 1. The van der Waals surface area contributed by atoms with Crippen LogP contribution in [-0.4, -0.2) is 34.7 Å². The van der Waals surface area contributed by atoms with Gasteiger partial charge in [-0.2, -0.15) is 0 Å². The van der Waals surface area contributed by atoms with E-state index in [1.807, 2.05) is 0 Å². The van der Waals surface area contributed by atoms with Gasteiger partial charge in [-0.1, -0.05) is 12.8 Å². The highest BCUT2D eigenvalue weighted by atomic mass is 16.4. The standard InChI is InChI=1S/C11H19NO4/c13-6-5-9(11(15)16)12-10(14)7-8-3-1-2-4-8/h8-9,13H,1-7H2,(H,12,14)(H,15,16)/t9-/m0/s1. The number of carboxylic acid groups (broad SMARTS) is 1. The number of hydrogen-bond donors (Lipinski definition) is 3. The van der Waals surface area contributed by atoms with Gasteiger partial charge in [0, 0.05) is 19.4 Å². The van der Waals surface area contributed by atoms with Gasteiger partial charge >= 0.3 is 5.97 Å². The minimum absolute atomic E-state index is 0.0613. The summed E-state index contributed by atoms with van der Waals surface area (Å²) in [7, 11) is 0. The summed E-state index contributed by atoms with van der Waals surface area (Å²) in [5.74, 6) is -0.898. The van der Waals surface area contributed by atoms with E-state index < -0.39 is 12.0 Å². The van der Waals surface area contributed by atoms with E-state index in [2.05, 4.69) is 5.32 Å². The first-order valence-corrected chi connectivity index (χ1v) is 5.76. The minimum Gasteiger partial charge on any atom is -0.480 e. The quantitative estimate of drug-likeness (QED) is 0.619. The number of aliphatic carboxylic acids is 1. The lowest BCUT2D eigenvalue weighted by Gasteiger charge is -2.15. The second kappa shape index (κ2) is 6.48. The highest BCUT2D eigenvalue weighted by molar-refractivity contribution is 5.83. The first-order chi connectivity index (χ1) is 7.63. The predicted molar refractivity (Wildman–Crippen MR) is 57.8 cm³/mol. The van der Waals surface area contributed by atoms with E-state index in [-0.39, 0.29) is 18.9 Å². The molecule has 92 valence electrons. The second-order valence-electron chi connectivity index (χ2n) is 4.33. The summed E-state index contributed by atoms with van der Waals surface area (Å²) in [6.45, 7) is -0.235. The van der Waals surface area contributed by atoms with E-state index in [1.54, 1.807) is 0 Å². The molecular weight excluding hydrogens is 210 g/mol. The Morgan fingerprint density at radius 2 is 1.94 bits per heavy atom. The first kappa shape index (κ1) is 13.0. The predicted octanol–water partition coefficient (Wildman–Crippen LogP) is 0.518. The molecule has 1 atom stereocenters. The lowest BCUT2D eigenvalue weighted by atomic mass is 10.0. The van der Waals surface area contributed by atoms with Crippen LogP contribution in [0.1, 0.15) is 38.5 Å². The number of carbonyl (C=O) groups excluding carboxylic acids is 1. The average molecular weight is 229 g/mol. The van der Waals surface area contributed by atoms with Gasteiger partial charge in [0.1, 0.15) is 6.04 Å². The van der Waals surface area contributed by atoms with Gasteiger partial charge in [0.15, 0.2) is 0 Å². The molecule has 1 amide bonds. The molecule has 1 saturated carbocycles. The molecule has 0 spiro atoms. The van der Waals surface area contributed by atoms with Gasteiger partial charge in [0.05, 0.1) is 0 Å². The molecule has 5 heteroatoms. The highest BCUT2D eigenvalue weighted by Gasteiger charge is 2.22. The van der Waals surface area contributed by atoms with Gasteiger partial charge < -0.3 is 15.5 Å². The molecule has 0 aromatic heterocycles. The summed E-state index contributed by atoms with van der Waals surface area (Å²) in [5.41, 5.74) is 0. The third-order valence-corrected chi connectivity index (χ3v) is 3.00. The molecule has 0 aliphatic heterocycles. The number of rotatable bonds is 6. The SMILES string of the molecule is O=C(CC1CCCC1)N[C@@H](CCO)C(=O)O. The third kappa shape index (κ3) is 4.18. The topological polar surface area (TPSA) is 86.6 Å². The Balaban J connectivity index is 2.32. The lowest BCUT2D eigenvalue weighted by molar-refractivity contribution is -0.142. The molecule has 1 aliphatic rings. The van der Waals surface area contributed by atoms with Crippen LogP contribution < -0.4 is 5.32 Å². The van der Waals surface area contributed by atoms with Crippen LogP contribution in [0.2, 0.25) is 0 Å². The molecule has 0 bridgehead atoms. The number of carbonyl (C=O) groups is 2. The van der Waals surface area contributed by atoms with Crippen molar-refractivity contribution in [2.75, 3.05) is 6.61 Å². The van der Waals surface area contributed by atoms with Gasteiger partial charge in [0.25, 0.3) is 0 Å². The second-order valence-corrected chi connectivity index (χ2v) is 4.33. The largest absolute Gasteiger partial charge is 0.480 e. The Labute approximate surface area is 94.8 Å². The van der Waals surface area contributed by atoms with E-state index in [0.717, 1.165) is 25.7 Å². The molecule has 0 saturated heterocycles. The summed E-state index contributed by atoms with van der Waals surface area (Å²) in [6.07, 6.45) is 4.92. The zero-order valence-corrected chi connectivity index (χ0v) is 9.32. The maximum Gasteiger partial charge on any atom is 0.326 e. The molecule has 1 aliphatic carbocycles. The van der Waals surface area contributed by atoms with E-state index in [9.17, 15) is 9.59 Å². The van der Waals surface area contributed by atoms with Crippen LogP contribution in [0.4, 0.5) is 0 Å². The van der Waals surface area contributed by atoms with Gasteiger partial charge in [-0.3, -0.25) is 4.79 Å². The smallest absolute Gasteiger partial charge is 0.326 e. The fourth-order valence-corrected chi connectivity index (χ4v) is 2.12. The molecule has 0 unspecified atom stereocenters. The van der Waals surface area contributed by atoms with Crippen molar-refractivity contribution in [2.24, 2.45) is 5.92 Å². The van der Waals surface area contributed by atoms with Crippen molar-refractivity contribution in [3.05, 3.63) is 0 Å². The van der Waals surface area contributed by atoms with Crippen LogP contribution in [0.3, 0.4) is 0 Å². The first-order valence-electron chi connectivity index (χ1n) is 5.76. The fraction of sp³-hybridized carbons (Fsp3) is 0.818. The normalized spacial score (nSPS) is 18.3. The van der Waals surface area contributed by atoms with Crippen LogP contribution in [0.25, 0.3) is 0 Å². The van der Waals surface area contributed by atoms with Crippen molar-refractivity contribution < 1.29 is 19.8 Å². The molecule has 0 aromatic carbocycles. The molecule has 0 radical (unpaired) electrons. The summed E-state index contributed by atoms with van der Waals surface area (Å²) in [5, 5.41) is 19.9. The number of carboxylic acids is 1. The average Bonchev–Trinajstić information content (AvgIpc) is 2.69. The van der Waals surface area contributed by atoms with E-state index in [4.69, 9.17) is 10.2 Å².